The highest BCUT2D eigenvalue weighted by molar-refractivity contribution is 5.81. The zero-order chi connectivity index (χ0) is 13.1. The molecule has 2 N–H and O–H groups in total. The van der Waals surface area contributed by atoms with Crippen LogP contribution in [-0.2, 0) is 11.3 Å². The lowest BCUT2D eigenvalue weighted by Gasteiger charge is -2.14. The van der Waals surface area contributed by atoms with Crippen molar-refractivity contribution in [2.45, 2.75) is 52.2 Å². The van der Waals surface area contributed by atoms with Gasteiger partial charge in [-0.15, -0.1) is 0 Å². The van der Waals surface area contributed by atoms with Crippen LogP contribution in [-0.4, -0.2) is 18.0 Å². The van der Waals surface area contributed by atoms with Crippen LogP contribution in [0.3, 0.4) is 0 Å². The number of amides is 1. The lowest BCUT2D eigenvalue weighted by molar-refractivity contribution is -0.122. The van der Waals surface area contributed by atoms with Crippen LogP contribution >= 0.6 is 0 Å². The maximum atomic E-state index is 11.8. The Morgan fingerprint density at radius 2 is 2.06 bits per heavy atom. The van der Waals surface area contributed by atoms with Crippen molar-refractivity contribution < 1.29 is 4.79 Å². The summed E-state index contributed by atoms with van der Waals surface area (Å²) in [7, 11) is 0. The zero-order valence-electron chi connectivity index (χ0n) is 11.4. The Hall–Kier alpha value is -1.35. The Morgan fingerprint density at radius 1 is 1.33 bits per heavy atom. The molecule has 0 bridgehead atoms. The summed E-state index contributed by atoms with van der Waals surface area (Å²) in [5, 5.41) is 6.28. The number of aryl methyl sites for hydroxylation is 2. The minimum atomic E-state index is -0.132. The molecule has 1 aliphatic carbocycles. The predicted octanol–water partition coefficient (Wildman–Crippen LogP) is 2.06. The van der Waals surface area contributed by atoms with Crippen LogP contribution in [0, 0.1) is 13.8 Å². The Balaban J connectivity index is 1.82. The minimum Gasteiger partial charge on any atom is -0.352 e. The second kappa shape index (κ2) is 5.53. The largest absolute Gasteiger partial charge is 0.352 e. The Kier molecular flexibility index (Phi) is 4.02. The van der Waals surface area contributed by atoms with Gasteiger partial charge in [-0.1, -0.05) is 18.2 Å². The molecule has 0 aromatic heterocycles. The third-order valence-corrected chi connectivity index (χ3v) is 3.50. The molecule has 18 heavy (non-hydrogen) atoms. The van der Waals surface area contributed by atoms with E-state index < -0.39 is 0 Å². The summed E-state index contributed by atoms with van der Waals surface area (Å²) >= 11 is 0. The normalized spacial score (nSPS) is 16.4. The van der Waals surface area contributed by atoms with E-state index >= 15 is 0 Å². The smallest absolute Gasteiger partial charge is 0.237 e. The van der Waals surface area contributed by atoms with Gasteiger partial charge in [0.1, 0.15) is 0 Å². The van der Waals surface area contributed by atoms with Gasteiger partial charge in [0.2, 0.25) is 5.91 Å². The van der Waals surface area contributed by atoms with Crippen molar-refractivity contribution in [3.05, 3.63) is 34.9 Å². The third-order valence-electron chi connectivity index (χ3n) is 3.50. The molecule has 1 saturated carbocycles. The van der Waals surface area contributed by atoms with Crippen LogP contribution in [0.5, 0.6) is 0 Å². The van der Waals surface area contributed by atoms with Gasteiger partial charge >= 0.3 is 0 Å². The maximum absolute atomic E-state index is 11.8. The SMILES string of the molecule is Cc1ccc(CNC(C)C(=O)NC2CC2)cc1C. The van der Waals surface area contributed by atoms with Crippen molar-refractivity contribution in [2.75, 3.05) is 0 Å². The highest BCUT2D eigenvalue weighted by atomic mass is 16.2. The van der Waals surface area contributed by atoms with Gasteiger partial charge < -0.3 is 10.6 Å². The van der Waals surface area contributed by atoms with Gasteiger partial charge in [0.15, 0.2) is 0 Å². The Bertz CT molecular complexity index is 438. The monoisotopic (exact) mass is 246 g/mol. The van der Waals surface area contributed by atoms with Crippen molar-refractivity contribution in [1.82, 2.24) is 10.6 Å². The molecule has 1 atom stereocenters. The van der Waals surface area contributed by atoms with E-state index in [1.54, 1.807) is 0 Å². The first-order valence-electron chi connectivity index (χ1n) is 6.66. The summed E-state index contributed by atoms with van der Waals surface area (Å²) in [6.45, 7) is 6.87. The fourth-order valence-electron chi connectivity index (χ4n) is 1.83. The van der Waals surface area contributed by atoms with Crippen molar-refractivity contribution in [2.24, 2.45) is 0 Å². The molecule has 1 amide bonds. The molecule has 98 valence electrons. The number of hydrogen-bond donors (Lipinski definition) is 2. The van der Waals surface area contributed by atoms with Crippen LogP contribution in [0.15, 0.2) is 18.2 Å². The lowest BCUT2D eigenvalue weighted by Crippen LogP contribution is -2.42. The average Bonchev–Trinajstić information content (AvgIpc) is 3.14. The van der Waals surface area contributed by atoms with E-state index in [-0.39, 0.29) is 11.9 Å². The fraction of sp³-hybridized carbons (Fsp3) is 0.533. The van der Waals surface area contributed by atoms with E-state index in [0.717, 1.165) is 19.4 Å². The average molecular weight is 246 g/mol. The van der Waals surface area contributed by atoms with Crippen LogP contribution in [0.25, 0.3) is 0 Å². The molecule has 1 unspecified atom stereocenters. The molecule has 1 aromatic rings. The van der Waals surface area contributed by atoms with Crippen molar-refractivity contribution in [3.8, 4) is 0 Å². The van der Waals surface area contributed by atoms with Crippen LogP contribution in [0.1, 0.15) is 36.5 Å². The molecular formula is C15H22N2O. The van der Waals surface area contributed by atoms with E-state index in [9.17, 15) is 4.79 Å². The number of rotatable bonds is 5. The van der Waals surface area contributed by atoms with Crippen LogP contribution in [0.2, 0.25) is 0 Å². The Morgan fingerprint density at radius 3 is 2.67 bits per heavy atom. The fourth-order valence-corrected chi connectivity index (χ4v) is 1.83. The quantitative estimate of drug-likeness (QED) is 0.835. The van der Waals surface area contributed by atoms with Gasteiger partial charge in [0.05, 0.1) is 6.04 Å². The summed E-state index contributed by atoms with van der Waals surface area (Å²) in [6.07, 6.45) is 2.27. The summed E-state index contributed by atoms with van der Waals surface area (Å²) in [6, 6.07) is 6.71. The lowest BCUT2D eigenvalue weighted by atomic mass is 10.1. The van der Waals surface area contributed by atoms with E-state index in [1.807, 2.05) is 6.92 Å². The Labute approximate surface area is 109 Å². The highest BCUT2D eigenvalue weighted by Gasteiger charge is 2.25. The molecule has 0 aliphatic heterocycles. The maximum Gasteiger partial charge on any atom is 0.237 e. The van der Waals surface area contributed by atoms with Crippen molar-refractivity contribution in [1.29, 1.82) is 0 Å². The molecule has 0 spiro atoms. The second-order valence-electron chi connectivity index (χ2n) is 5.30. The van der Waals surface area contributed by atoms with Gasteiger partial charge in [0.25, 0.3) is 0 Å². The van der Waals surface area contributed by atoms with Crippen molar-refractivity contribution >= 4 is 5.91 Å². The molecule has 1 fully saturated rings. The van der Waals surface area contributed by atoms with Gasteiger partial charge in [-0.2, -0.15) is 0 Å². The van der Waals surface area contributed by atoms with Gasteiger partial charge in [-0.3, -0.25) is 4.79 Å². The number of nitrogens with one attached hydrogen (secondary N) is 2. The van der Waals surface area contributed by atoms with Gasteiger partial charge in [-0.05, 0) is 50.3 Å². The molecule has 1 aromatic carbocycles. The molecule has 0 heterocycles. The number of hydrogen-bond acceptors (Lipinski definition) is 2. The second-order valence-corrected chi connectivity index (χ2v) is 5.30. The molecule has 3 nitrogen and oxygen atoms in total. The molecule has 0 saturated heterocycles. The van der Waals surface area contributed by atoms with E-state index in [0.29, 0.717) is 6.04 Å². The number of carbonyl (C=O) groups excluding carboxylic acids is 1. The van der Waals surface area contributed by atoms with Crippen LogP contribution in [0.4, 0.5) is 0 Å². The van der Waals surface area contributed by atoms with Gasteiger partial charge in [-0.25, -0.2) is 0 Å². The predicted molar refractivity (Wildman–Crippen MR) is 73.4 cm³/mol. The van der Waals surface area contributed by atoms with E-state index in [4.69, 9.17) is 0 Å². The van der Waals surface area contributed by atoms with E-state index in [2.05, 4.69) is 42.7 Å². The topological polar surface area (TPSA) is 41.1 Å². The standard InChI is InChI=1S/C15H22N2O/c1-10-4-5-13(8-11(10)2)9-16-12(3)15(18)17-14-6-7-14/h4-5,8,12,14,16H,6-7,9H2,1-3H3,(H,17,18). The van der Waals surface area contributed by atoms with E-state index in [1.165, 1.54) is 16.7 Å². The van der Waals surface area contributed by atoms with Gasteiger partial charge in [0, 0.05) is 12.6 Å². The summed E-state index contributed by atoms with van der Waals surface area (Å²) in [5.41, 5.74) is 3.83. The molecular weight excluding hydrogens is 224 g/mol. The minimum absolute atomic E-state index is 0.112. The van der Waals surface area contributed by atoms with Crippen molar-refractivity contribution in [3.63, 3.8) is 0 Å². The first-order valence-corrected chi connectivity index (χ1v) is 6.66. The summed E-state index contributed by atoms with van der Waals surface area (Å²) < 4.78 is 0. The molecule has 1 aliphatic rings. The third kappa shape index (κ3) is 3.57. The van der Waals surface area contributed by atoms with Crippen LogP contribution < -0.4 is 10.6 Å². The first kappa shape index (κ1) is 13.1. The first-order chi connectivity index (χ1) is 8.56. The number of carbonyl (C=O) groups is 1. The molecule has 3 heteroatoms. The molecule has 0 radical (unpaired) electrons. The summed E-state index contributed by atoms with van der Waals surface area (Å²) in [4.78, 5) is 11.8. The zero-order valence-corrected chi connectivity index (χ0v) is 11.4. The highest BCUT2D eigenvalue weighted by Crippen LogP contribution is 2.18. The molecule has 2 rings (SSSR count). The number of benzene rings is 1. The summed E-state index contributed by atoms with van der Waals surface area (Å²) in [5.74, 6) is 0.112.